The number of aromatic nitrogens is 1. The Balaban J connectivity index is 1.87. The van der Waals surface area contributed by atoms with Crippen molar-refractivity contribution >= 4 is 28.7 Å². The van der Waals surface area contributed by atoms with Gasteiger partial charge in [0.1, 0.15) is 17.9 Å². The first-order chi connectivity index (χ1) is 11.7. The number of pyridine rings is 1. The van der Waals surface area contributed by atoms with Crippen LogP contribution in [0.25, 0.3) is 10.9 Å². The molecule has 7 heteroatoms. The lowest BCUT2D eigenvalue weighted by Gasteiger charge is -2.12. The molecular formula is C17H19ClN2O4. The molecule has 128 valence electrons. The molecule has 0 radical (unpaired) electrons. The van der Waals surface area contributed by atoms with Crippen LogP contribution in [0.4, 0.5) is 0 Å². The van der Waals surface area contributed by atoms with E-state index in [4.69, 9.17) is 30.6 Å². The van der Waals surface area contributed by atoms with Gasteiger partial charge in [0, 0.05) is 17.0 Å². The normalized spacial score (nSPS) is 16.5. The molecule has 0 aliphatic carbocycles. The highest BCUT2D eigenvalue weighted by Gasteiger charge is 2.22. The van der Waals surface area contributed by atoms with Crippen molar-refractivity contribution in [3.8, 4) is 11.5 Å². The lowest BCUT2D eigenvalue weighted by atomic mass is 10.1. The second-order valence-electron chi connectivity index (χ2n) is 5.21. The highest BCUT2D eigenvalue weighted by atomic mass is 35.5. The fraction of sp³-hybridized carbons (Fsp3) is 0.412. The van der Waals surface area contributed by atoms with Crippen molar-refractivity contribution < 1.29 is 19.0 Å². The van der Waals surface area contributed by atoms with Crippen molar-refractivity contribution in [2.24, 2.45) is 5.16 Å². The van der Waals surface area contributed by atoms with E-state index in [0.717, 1.165) is 17.5 Å². The summed E-state index contributed by atoms with van der Waals surface area (Å²) in [7, 11) is 0. The second-order valence-corrected chi connectivity index (χ2v) is 5.57. The van der Waals surface area contributed by atoms with Gasteiger partial charge in [-0.05, 0) is 26.0 Å². The van der Waals surface area contributed by atoms with Crippen LogP contribution in [0.2, 0.25) is 5.15 Å². The Hall–Kier alpha value is -2.05. The molecule has 1 unspecified atom stereocenters. The largest absolute Gasteiger partial charge is 0.490 e. The molecule has 1 aromatic heterocycles. The molecule has 24 heavy (non-hydrogen) atoms. The molecule has 0 bridgehead atoms. The second kappa shape index (κ2) is 7.68. The lowest BCUT2D eigenvalue weighted by molar-refractivity contribution is 0.126. The highest BCUT2D eigenvalue weighted by molar-refractivity contribution is 6.32. The predicted octanol–water partition coefficient (Wildman–Crippen LogP) is 3.43. The fourth-order valence-electron chi connectivity index (χ4n) is 2.19. The number of ether oxygens (including phenoxy) is 3. The first-order valence-corrected chi connectivity index (χ1v) is 8.26. The Morgan fingerprint density at radius 3 is 2.62 bits per heavy atom. The van der Waals surface area contributed by atoms with E-state index in [2.05, 4.69) is 10.1 Å². The fourth-order valence-corrected chi connectivity index (χ4v) is 2.38. The van der Waals surface area contributed by atoms with E-state index in [9.17, 15) is 0 Å². The average Bonchev–Trinajstić information content (AvgIpc) is 3.38. The predicted molar refractivity (Wildman–Crippen MR) is 92.4 cm³/mol. The third kappa shape index (κ3) is 4.07. The molecule has 3 rings (SSSR count). The number of nitrogens with zero attached hydrogens (tertiary/aromatic N) is 2. The van der Waals surface area contributed by atoms with Crippen LogP contribution in [0.1, 0.15) is 19.4 Å². The molecule has 1 aromatic carbocycles. The van der Waals surface area contributed by atoms with E-state index >= 15 is 0 Å². The van der Waals surface area contributed by atoms with Gasteiger partial charge in [0.15, 0.2) is 11.5 Å². The number of hydrogen-bond acceptors (Lipinski definition) is 6. The molecule has 1 fully saturated rings. The minimum atomic E-state index is 0.165. The van der Waals surface area contributed by atoms with E-state index < -0.39 is 0 Å². The van der Waals surface area contributed by atoms with Crippen LogP contribution in [0.5, 0.6) is 11.5 Å². The van der Waals surface area contributed by atoms with E-state index in [0.29, 0.717) is 42.0 Å². The van der Waals surface area contributed by atoms with Gasteiger partial charge in [-0.2, -0.15) is 0 Å². The quantitative estimate of drug-likeness (QED) is 0.316. The number of hydrogen-bond donors (Lipinski definition) is 0. The third-order valence-electron chi connectivity index (χ3n) is 3.39. The molecule has 6 nitrogen and oxygen atoms in total. The Morgan fingerprint density at radius 2 is 1.96 bits per heavy atom. The standard InChI is InChI=1S/C17H19ClN2O4/c1-3-21-15-6-11-5-12(8-19-24-10-13-9-23-13)17(18)20-14(11)7-16(15)22-4-2/h5-8,13H,3-4,9-10H2,1-2H3. The maximum Gasteiger partial charge on any atom is 0.163 e. The minimum absolute atomic E-state index is 0.165. The Kier molecular flexibility index (Phi) is 5.37. The number of benzene rings is 1. The molecule has 2 aromatic rings. The van der Waals surface area contributed by atoms with Crippen LogP contribution in [0.3, 0.4) is 0 Å². The summed E-state index contributed by atoms with van der Waals surface area (Å²) in [4.78, 5) is 9.56. The zero-order valence-electron chi connectivity index (χ0n) is 13.6. The molecule has 1 atom stereocenters. The molecule has 0 N–H and O–H groups in total. The maximum atomic E-state index is 6.23. The molecule has 1 aliphatic heterocycles. The summed E-state index contributed by atoms with van der Waals surface area (Å²) in [5.74, 6) is 1.34. The van der Waals surface area contributed by atoms with Gasteiger partial charge < -0.3 is 19.0 Å². The van der Waals surface area contributed by atoms with Crippen LogP contribution in [-0.2, 0) is 9.57 Å². The zero-order valence-corrected chi connectivity index (χ0v) is 14.4. The van der Waals surface area contributed by atoms with Crippen molar-refractivity contribution in [1.82, 2.24) is 4.98 Å². The van der Waals surface area contributed by atoms with E-state index in [1.807, 2.05) is 32.0 Å². The molecule has 1 aliphatic rings. The Labute approximate surface area is 145 Å². The summed E-state index contributed by atoms with van der Waals surface area (Å²) in [5, 5.41) is 5.15. The van der Waals surface area contributed by atoms with Crippen LogP contribution in [0.15, 0.2) is 23.4 Å². The van der Waals surface area contributed by atoms with Gasteiger partial charge in [0.25, 0.3) is 0 Å². The number of rotatable bonds is 8. The van der Waals surface area contributed by atoms with Gasteiger partial charge in [-0.3, -0.25) is 0 Å². The number of halogens is 1. The molecule has 1 saturated heterocycles. The topological polar surface area (TPSA) is 65.5 Å². The molecule has 2 heterocycles. The first kappa shape index (κ1) is 16.8. The highest BCUT2D eigenvalue weighted by Crippen LogP contribution is 2.33. The molecule has 0 saturated carbocycles. The number of oxime groups is 1. The van der Waals surface area contributed by atoms with E-state index in [-0.39, 0.29) is 6.10 Å². The molecule has 0 spiro atoms. The smallest absolute Gasteiger partial charge is 0.163 e. The van der Waals surface area contributed by atoms with Crippen molar-refractivity contribution in [1.29, 1.82) is 0 Å². The minimum Gasteiger partial charge on any atom is -0.490 e. The summed E-state index contributed by atoms with van der Waals surface area (Å²) in [5.41, 5.74) is 1.41. The van der Waals surface area contributed by atoms with Gasteiger partial charge in [-0.1, -0.05) is 16.8 Å². The van der Waals surface area contributed by atoms with Crippen molar-refractivity contribution in [3.63, 3.8) is 0 Å². The van der Waals surface area contributed by atoms with Crippen LogP contribution in [0, 0.1) is 0 Å². The van der Waals surface area contributed by atoms with Gasteiger partial charge in [-0.15, -0.1) is 0 Å². The van der Waals surface area contributed by atoms with Gasteiger partial charge in [-0.25, -0.2) is 4.98 Å². The van der Waals surface area contributed by atoms with Crippen molar-refractivity contribution in [3.05, 3.63) is 28.9 Å². The summed E-state index contributed by atoms with van der Waals surface area (Å²) in [6.07, 6.45) is 1.71. The zero-order chi connectivity index (χ0) is 16.9. The van der Waals surface area contributed by atoms with E-state index in [1.54, 1.807) is 6.21 Å². The third-order valence-corrected chi connectivity index (χ3v) is 3.69. The SMILES string of the molecule is CCOc1cc2cc(C=NOCC3CO3)c(Cl)nc2cc1OCC. The van der Waals surface area contributed by atoms with Gasteiger partial charge in [0.2, 0.25) is 0 Å². The molecule has 0 amide bonds. The first-order valence-electron chi connectivity index (χ1n) is 7.88. The van der Waals surface area contributed by atoms with E-state index in [1.165, 1.54) is 0 Å². The van der Waals surface area contributed by atoms with Crippen LogP contribution < -0.4 is 9.47 Å². The Bertz CT molecular complexity index is 747. The van der Waals surface area contributed by atoms with Crippen LogP contribution in [-0.4, -0.2) is 43.7 Å². The van der Waals surface area contributed by atoms with Gasteiger partial charge >= 0.3 is 0 Å². The number of fused-ring (bicyclic) bond motifs is 1. The monoisotopic (exact) mass is 350 g/mol. The number of epoxide rings is 1. The maximum absolute atomic E-state index is 6.23. The van der Waals surface area contributed by atoms with Crippen molar-refractivity contribution in [2.45, 2.75) is 20.0 Å². The summed E-state index contributed by atoms with van der Waals surface area (Å²) in [6, 6.07) is 5.62. The average molecular weight is 351 g/mol. The lowest BCUT2D eigenvalue weighted by Crippen LogP contribution is -2.00. The van der Waals surface area contributed by atoms with Gasteiger partial charge in [0.05, 0.1) is 31.6 Å². The summed E-state index contributed by atoms with van der Waals surface area (Å²) >= 11 is 6.23. The molecular weight excluding hydrogens is 332 g/mol. The summed E-state index contributed by atoms with van der Waals surface area (Å²) < 4.78 is 16.3. The van der Waals surface area contributed by atoms with Crippen molar-refractivity contribution in [2.75, 3.05) is 26.4 Å². The van der Waals surface area contributed by atoms with Crippen LogP contribution >= 0.6 is 11.6 Å². The summed E-state index contributed by atoms with van der Waals surface area (Å²) in [6.45, 7) is 6.13. The Morgan fingerprint density at radius 1 is 1.25 bits per heavy atom.